The number of carbonyl (C=O) groups is 1. The van der Waals surface area contributed by atoms with Crippen LogP contribution in [-0.2, 0) is 11.3 Å². The van der Waals surface area contributed by atoms with Crippen molar-refractivity contribution in [3.8, 4) is 11.5 Å². The molecule has 1 aromatic heterocycles. The molecule has 0 fully saturated rings. The molecule has 1 heterocycles. The molecule has 0 N–H and O–H groups in total. The number of hydrogen-bond donors (Lipinski definition) is 0. The normalized spacial score (nSPS) is 10.5. The van der Waals surface area contributed by atoms with Crippen molar-refractivity contribution >= 4 is 40.7 Å². The summed E-state index contributed by atoms with van der Waals surface area (Å²) < 4.78 is 15.2. The maximum atomic E-state index is 11.9. The number of rotatable bonds is 7. The number of nitro benzene ring substituents is 1. The van der Waals surface area contributed by atoms with Crippen LogP contribution in [0.5, 0.6) is 11.5 Å². The first-order chi connectivity index (χ1) is 14.2. The molecule has 0 amide bonds. The summed E-state index contributed by atoms with van der Waals surface area (Å²) in [6.45, 7) is -0.337. The van der Waals surface area contributed by atoms with Gasteiger partial charge in [-0.2, -0.15) is 0 Å². The zero-order chi connectivity index (χ0) is 21.8. The van der Waals surface area contributed by atoms with E-state index in [4.69, 9.17) is 37.1 Å². The lowest BCUT2D eigenvalue weighted by Crippen LogP contribution is -2.04. The Labute approximate surface area is 177 Å². The van der Waals surface area contributed by atoms with Crippen molar-refractivity contribution < 1.29 is 28.5 Å². The van der Waals surface area contributed by atoms with E-state index in [1.54, 1.807) is 0 Å². The molecule has 10 nitrogen and oxygen atoms in total. The number of benzene rings is 2. The number of hydrogen-bond acceptors (Lipinski definition) is 8. The third-order valence-electron chi connectivity index (χ3n) is 3.68. The van der Waals surface area contributed by atoms with Gasteiger partial charge >= 0.3 is 17.5 Å². The van der Waals surface area contributed by atoms with Crippen molar-refractivity contribution in [1.29, 1.82) is 0 Å². The predicted molar refractivity (Wildman–Crippen MR) is 104 cm³/mol. The Morgan fingerprint density at radius 3 is 2.33 bits per heavy atom. The summed E-state index contributed by atoms with van der Waals surface area (Å²) in [6.07, 6.45) is 0. The predicted octanol–water partition coefficient (Wildman–Crippen LogP) is 5.55. The molecule has 0 unspecified atom stereocenters. The monoisotopic (exact) mass is 452 g/mol. The van der Waals surface area contributed by atoms with Gasteiger partial charge in [0.1, 0.15) is 17.3 Å². The summed E-state index contributed by atoms with van der Waals surface area (Å²) in [5.41, 5.74) is -0.103. The second-order valence-electron chi connectivity index (χ2n) is 5.71. The first kappa shape index (κ1) is 21.1. The number of furan rings is 1. The highest BCUT2D eigenvalue weighted by Gasteiger charge is 2.21. The molecule has 0 spiro atoms. The van der Waals surface area contributed by atoms with Crippen LogP contribution in [0, 0.1) is 20.2 Å². The standard InChI is InChI=1S/C18H10Cl2N2O8/c19-11-2-4-14(12(20)8-11)29-15-3-1-10(7-13(15)21(24)25)9-28-18(23)16-5-6-17(30-16)22(26)27/h1-8H,9H2. The van der Waals surface area contributed by atoms with Crippen LogP contribution < -0.4 is 4.74 Å². The van der Waals surface area contributed by atoms with Gasteiger partial charge in [0.2, 0.25) is 11.5 Å². The van der Waals surface area contributed by atoms with E-state index in [1.165, 1.54) is 30.3 Å². The highest BCUT2D eigenvalue weighted by atomic mass is 35.5. The fraction of sp³-hybridized carbons (Fsp3) is 0.0556. The molecule has 0 saturated carbocycles. The summed E-state index contributed by atoms with van der Waals surface area (Å²) >= 11 is 11.8. The number of nitro groups is 2. The van der Waals surface area contributed by atoms with Gasteiger partial charge in [-0.1, -0.05) is 29.3 Å². The maximum absolute atomic E-state index is 11.9. The lowest BCUT2D eigenvalue weighted by molar-refractivity contribution is -0.402. The highest BCUT2D eigenvalue weighted by Crippen LogP contribution is 2.36. The molecule has 0 atom stereocenters. The molecule has 154 valence electrons. The van der Waals surface area contributed by atoms with Crippen molar-refractivity contribution in [2.45, 2.75) is 6.61 Å². The molecule has 0 bridgehead atoms. The molecular weight excluding hydrogens is 443 g/mol. The second-order valence-corrected chi connectivity index (χ2v) is 6.55. The summed E-state index contributed by atoms with van der Waals surface area (Å²) in [5, 5.41) is 22.5. The Hall–Kier alpha value is -3.63. The molecule has 0 aliphatic heterocycles. The van der Waals surface area contributed by atoms with Gasteiger partial charge < -0.3 is 13.9 Å². The van der Waals surface area contributed by atoms with Crippen molar-refractivity contribution in [2.75, 3.05) is 0 Å². The molecule has 3 rings (SSSR count). The van der Waals surface area contributed by atoms with E-state index in [9.17, 15) is 25.0 Å². The van der Waals surface area contributed by atoms with Crippen molar-refractivity contribution in [3.05, 3.63) is 90.1 Å². The van der Waals surface area contributed by atoms with Crippen molar-refractivity contribution in [2.24, 2.45) is 0 Å². The summed E-state index contributed by atoms with van der Waals surface area (Å²) in [6, 6.07) is 10.4. The lowest BCUT2D eigenvalue weighted by Gasteiger charge is -2.10. The third-order valence-corrected chi connectivity index (χ3v) is 4.21. The van der Waals surface area contributed by atoms with Gasteiger partial charge in [0.25, 0.3) is 0 Å². The van der Waals surface area contributed by atoms with Crippen molar-refractivity contribution in [3.63, 3.8) is 0 Å². The Kier molecular flexibility index (Phi) is 6.19. The lowest BCUT2D eigenvalue weighted by atomic mass is 10.2. The Bertz CT molecular complexity index is 1140. The van der Waals surface area contributed by atoms with Gasteiger partial charge in [-0.25, -0.2) is 4.79 Å². The number of esters is 1. The van der Waals surface area contributed by atoms with Crippen LogP contribution in [0.25, 0.3) is 0 Å². The van der Waals surface area contributed by atoms with E-state index in [0.717, 1.165) is 18.2 Å². The summed E-state index contributed by atoms with van der Waals surface area (Å²) in [7, 11) is 0. The van der Waals surface area contributed by atoms with E-state index in [-0.39, 0.29) is 40.1 Å². The van der Waals surface area contributed by atoms with Gasteiger partial charge in [-0.15, -0.1) is 0 Å². The minimum Gasteiger partial charge on any atom is -0.455 e. The number of ether oxygens (including phenoxy) is 2. The average molecular weight is 453 g/mol. The minimum atomic E-state index is -0.959. The Morgan fingerprint density at radius 1 is 0.967 bits per heavy atom. The van der Waals surface area contributed by atoms with Gasteiger partial charge in [0.05, 0.1) is 16.0 Å². The smallest absolute Gasteiger partial charge is 0.433 e. The maximum Gasteiger partial charge on any atom is 0.433 e. The number of nitrogens with zero attached hydrogens (tertiary/aromatic N) is 2. The molecule has 0 aliphatic rings. The van der Waals surface area contributed by atoms with Crippen LogP contribution in [0.3, 0.4) is 0 Å². The van der Waals surface area contributed by atoms with Crippen LogP contribution in [0.1, 0.15) is 16.1 Å². The summed E-state index contributed by atoms with van der Waals surface area (Å²) in [5.74, 6) is -1.85. The van der Waals surface area contributed by atoms with Crippen LogP contribution >= 0.6 is 23.2 Å². The van der Waals surface area contributed by atoms with E-state index < -0.39 is 21.7 Å². The quantitative estimate of drug-likeness (QED) is 0.258. The van der Waals surface area contributed by atoms with Gasteiger partial charge in [-0.05, 0) is 35.9 Å². The molecule has 0 saturated heterocycles. The Balaban J connectivity index is 1.75. The minimum absolute atomic E-state index is 0.0824. The van der Waals surface area contributed by atoms with E-state index >= 15 is 0 Å². The van der Waals surface area contributed by atoms with Crippen LogP contribution in [0.15, 0.2) is 52.9 Å². The molecule has 12 heteroatoms. The zero-order valence-corrected chi connectivity index (χ0v) is 16.3. The van der Waals surface area contributed by atoms with Gasteiger partial charge in [0.15, 0.2) is 0 Å². The van der Waals surface area contributed by atoms with Gasteiger partial charge in [-0.3, -0.25) is 20.2 Å². The molecule has 3 aromatic rings. The topological polar surface area (TPSA) is 135 Å². The second kappa shape index (κ2) is 8.80. The van der Waals surface area contributed by atoms with E-state index in [1.807, 2.05) is 0 Å². The molecule has 2 aromatic carbocycles. The first-order valence-corrected chi connectivity index (χ1v) is 8.82. The van der Waals surface area contributed by atoms with Crippen LogP contribution in [0.4, 0.5) is 11.6 Å². The highest BCUT2D eigenvalue weighted by molar-refractivity contribution is 6.35. The van der Waals surface area contributed by atoms with E-state index in [2.05, 4.69) is 0 Å². The third kappa shape index (κ3) is 4.85. The molecule has 0 aliphatic carbocycles. The van der Waals surface area contributed by atoms with Crippen LogP contribution in [0.2, 0.25) is 10.0 Å². The molecule has 0 radical (unpaired) electrons. The number of carbonyl (C=O) groups excluding carboxylic acids is 1. The fourth-order valence-electron chi connectivity index (χ4n) is 2.31. The van der Waals surface area contributed by atoms with Gasteiger partial charge in [0, 0.05) is 11.1 Å². The SMILES string of the molecule is O=C(OCc1ccc(Oc2ccc(Cl)cc2Cl)c([N+](=O)[O-])c1)c1ccc([N+](=O)[O-])o1. The largest absolute Gasteiger partial charge is 0.455 e. The Morgan fingerprint density at radius 2 is 1.70 bits per heavy atom. The van der Waals surface area contributed by atoms with Crippen LogP contribution in [-0.4, -0.2) is 15.8 Å². The first-order valence-electron chi connectivity index (χ1n) is 8.06. The summed E-state index contributed by atoms with van der Waals surface area (Å²) in [4.78, 5) is 32.5. The van der Waals surface area contributed by atoms with Crippen molar-refractivity contribution in [1.82, 2.24) is 0 Å². The fourth-order valence-corrected chi connectivity index (χ4v) is 2.76. The number of halogens is 2. The molecule has 30 heavy (non-hydrogen) atoms. The zero-order valence-electron chi connectivity index (χ0n) is 14.7. The molecular formula is C18H10Cl2N2O8. The average Bonchev–Trinajstić information content (AvgIpc) is 3.19. The van der Waals surface area contributed by atoms with E-state index in [0.29, 0.717) is 5.02 Å².